The van der Waals surface area contributed by atoms with Crippen molar-refractivity contribution in [3.05, 3.63) is 41.5 Å². The van der Waals surface area contributed by atoms with Gasteiger partial charge in [0, 0.05) is 5.57 Å². The first kappa shape index (κ1) is 12.0. The number of aliphatic carboxylic acids is 1. The van der Waals surface area contributed by atoms with Gasteiger partial charge in [-0.2, -0.15) is 0 Å². The number of esters is 1. The Hall–Kier alpha value is -2.10. The topological polar surface area (TPSA) is 63.6 Å². The Bertz CT molecular complexity index is 406. The minimum atomic E-state index is -1.12. The van der Waals surface area contributed by atoms with Crippen LogP contribution in [0.1, 0.15) is 12.0 Å². The van der Waals surface area contributed by atoms with Crippen LogP contribution in [0, 0.1) is 0 Å². The van der Waals surface area contributed by atoms with Crippen molar-refractivity contribution in [2.75, 3.05) is 7.11 Å². The summed E-state index contributed by atoms with van der Waals surface area (Å²) in [7, 11) is 1.23. The first-order valence-corrected chi connectivity index (χ1v) is 4.69. The Morgan fingerprint density at radius 3 is 2.44 bits per heavy atom. The Morgan fingerprint density at radius 2 is 1.94 bits per heavy atom. The van der Waals surface area contributed by atoms with Gasteiger partial charge >= 0.3 is 11.9 Å². The number of carboxylic acids is 1. The van der Waals surface area contributed by atoms with Gasteiger partial charge < -0.3 is 9.84 Å². The van der Waals surface area contributed by atoms with Gasteiger partial charge in [-0.1, -0.05) is 30.3 Å². The van der Waals surface area contributed by atoms with Crippen molar-refractivity contribution < 1.29 is 19.4 Å². The van der Waals surface area contributed by atoms with Crippen molar-refractivity contribution in [2.45, 2.75) is 6.42 Å². The van der Waals surface area contributed by atoms with Crippen molar-refractivity contribution in [2.24, 2.45) is 0 Å². The molecule has 1 aromatic carbocycles. The van der Waals surface area contributed by atoms with E-state index in [1.807, 2.05) is 6.07 Å². The second-order valence-corrected chi connectivity index (χ2v) is 3.14. The molecule has 16 heavy (non-hydrogen) atoms. The van der Waals surface area contributed by atoms with Crippen molar-refractivity contribution in [3.63, 3.8) is 0 Å². The van der Waals surface area contributed by atoms with Gasteiger partial charge in [0.2, 0.25) is 0 Å². The summed E-state index contributed by atoms with van der Waals surface area (Å²) in [5, 5.41) is 8.90. The summed E-state index contributed by atoms with van der Waals surface area (Å²) in [6, 6.07) is 8.95. The summed E-state index contributed by atoms with van der Waals surface area (Å²) >= 11 is 0. The highest BCUT2D eigenvalue weighted by atomic mass is 16.5. The first-order valence-electron chi connectivity index (χ1n) is 4.69. The number of rotatable bonds is 4. The summed E-state index contributed by atoms with van der Waals surface area (Å²) < 4.78 is 4.43. The SMILES string of the molecule is COC(=O)C/C(=C/c1ccccc1)C(=O)O. The molecule has 0 heterocycles. The van der Waals surface area contributed by atoms with Crippen LogP contribution in [0.3, 0.4) is 0 Å². The van der Waals surface area contributed by atoms with Gasteiger partial charge in [-0.15, -0.1) is 0 Å². The predicted octanol–water partition coefficient (Wildman–Crippen LogP) is 1.72. The van der Waals surface area contributed by atoms with Gasteiger partial charge in [-0.3, -0.25) is 4.79 Å². The Kier molecular flexibility index (Phi) is 4.27. The van der Waals surface area contributed by atoms with E-state index in [1.54, 1.807) is 24.3 Å². The maximum absolute atomic E-state index is 11.0. The van der Waals surface area contributed by atoms with E-state index in [0.717, 1.165) is 5.56 Å². The molecule has 84 valence electrons. The molecular formula is C12H12O4. The summed E-state index contributed by atoms with van der Waals surface area (Å²) in [5.74, 6) is -1.68. The van der Waals surface area contributed by atoms with Crippen LogP contribution < -0.4 is 0 Å². The van der Waals surface area contributed by atoms with E-state index in [1.165, 1.54) is 13.2 Å². The maximum atomic E-state index is 11.0. The Balaban J connectivity index is 2.90. The second-order valence-electron chi connectivity index (χ2n) is 3.14. The van der Waals surface area contributed by atoms with Crippen LogP contribution in [-0.4, -0.2) is 24.2 Å². The van der Waals surface area contributed by atoms with Crippen LogP contribution in [0.25, 0.3) is 6.08 Å². The third-order valence-electron chi connectivity index (χ3n) is 1.98. The van der Waals surface area contributed by atoms with Crippen molar-refractivity contribution in [1.29, 1.82) is 0 Å². The first-order chi connectivity index (χ1) is 7.63. The molecule has 0 saturated carbocycles. The van der Waals surface area contributed by atoms with Crippen molar-refractivity contribution in [1.82, 2.24) is 0 Å². The number of carbonyl (C=O) groups is 2. The van der Waals surface area contributed by atoms with Gasteiger partial charge in [-0.25, -0.2) is 4.79 Å². The fraction of sp³-hybridized carbons (Fsp3) is 0.167. The number of hydrogen-bond acceptors (Lipinski definition) is 3. The minimum Gasteiger partial charge on any atom is -0.478 e. The molecule has 0 bridgehead atoms. The molecule has 1 aromatic rings. The monoisotopic (exact) mass is 220 g/mol. The lowest BCUT2D eigenvalue weighted by atomic mass is 10.1. The molecule has 4 heteroatoms. The van der Waals surface area contributed by atoms with Gasteiger partial charge in [0.15, 0.2) is 0 Å². The van der Waals surface area contributed by atoms with Crippen LogP contribution in [0.2, 0.25) is 0 Å². The molecule has 0 radical (unpaired) electrons. The smallest absolute Gasteiger partial charge is 0.332 e. The Morgan fingerprint density at radius 1 is 1.31 bits per heavy atom. The lowest BCUT2D eigenvalue weighted by Crippen LogP contribution is -2.08. The molecule has 0 atom stereocenters. The predicted molar refractivity (Wildman–Crippen MR) is 58.7 cm³/mol. The average molecular weight is 220 g/mol. The van der Waals surface area contributed by atoms with E-state index < -0.39 is 11.9 Å². The van der Waals surface area contributed by atoms with E-state index in [4.69, 9.17) is 5.11 Å². The molecule has 0 aliphatic heterocycles. The van der Waals surface area contributed by atoms with Gasteiger partial charge in [0.25, 0.3) is 0 Å². The van der Waals surface area contributed by atoms with E-state index in [9.17, 15) is 9.59 Å². The van der Waals surface area contributed by atoms with E-state index in [0.29, 0.717) is 0 Å². The van der Waals surface area contributed by atoms with Gasteiger partial charge in [-0.05, 0) is 11.6 Å². The van der Waals surface area contributed by atoms with Gasteiger partial charge in [0.05, 0.1) is 13.5 Å². The van der Waals surface area contributed by atoms with Crippen LogP contribution in [0.15, 0.2) is 35.9 Å². The molecular weight excluding hydrogens is 208 g/mol. The molecule has 0 spiro atoms. The molecule has 0 aliphatic carbocycles. The average Bonchev–Trinajstić information content (AvgIpc) is 2.29. The normalized spacial score (nSPS) is 10.9. The highest BCUT2D eigenvalue weighted by molar-refractivity contribution is 5.97. The number of carbonyl (C=O) groups excluding carboxylic acids is 1. The van der Waals surface area contributed by atoms with Crippen LogP contribution in [0.5, 0.6) is 0 Å². The number of benzene rings is 1. The number of methoxy groups -OCH3 is 1. The third kappa shape index (κ3) is 3.57. The molecule has 0 saturated heterocycles. The molecule has 0 unspecified atom stereocenters. The number of carboxylic acid groups (broad SMARTS) is 1. The highest BCUT2D eigenvalue weighted by Crippen LogP contribution is 2.10. The molecule has 0 fully saturated rings. The number of hydrogen-bond donors (Lipinski definition) is 1. The second kappa shape index (κ2) is 5.70. The highest BCUT2D eigenvalue weighted by Gasteiger charge is 2.12. The minimum absolute atomic E-state index is 0.0121. The summed E-state index contributed by atoms with van der Waals surface area (Å²) in [5.41, 5.74) is 0.752. The van der Waals surface area contributed by atoms with Crippen LogP contribution in [0.4, 0.5) is 0 Å². The van der Waals surface area contributed by atoms with E-state index >= 15 is 0 Å². The third-order valence-corrected chi connectivity index (χ3v) is 1.98. The maximum Gasteiger partial charge on any atom is 0.332 e. The lowest BCUT2D eigenvalue weighted by Gasteiger charge is -2.01. The fourth-order valence-corrected chi connectivity index (χ4v) is 1.17. The van der Waals surface area contributed by atoms with Crippen molar-refractivity contribution >= 4 is 18.0 Å². The zero-order valence-corrected chi connectivity index (χ0v) is 8.84. The standard InChI is InChI=1S/C12H12O4/c1-16-11(13)8-10(12(14)15)7-9-5-3-2-4-6-9/h2-7H,8H2,1H3,(H,14,15)/b10-7-. The van der Waals surface area contributed by atoms with E-state index in [2.05, 4.69) is 4.74 Å². The summed E-state index contributed by atoms with van der Waals surface area (Å²) in [6.07, 6.45) is 1.22. The summed E-state index contributed by atoms with van der Waals surface area (Å²) in [4.78, 5) is 21.9. The lowest BCUT2D eigenvalue weighted by molar-refractivity contribution is -0.142. The zero-order valence-electron chi connectivity index (χ0n) is 8.84. The molecule has 0 amide bonds. The van der Waals surface area contributed by atoms with Crippen LogP contribution >= 0.6 is 0 Å². The van der Waals surface area contributed by atoms with Crippen LogP contribution in [-0.2, 0) is 14.3 Å². The Labute approximate surface area is 93.2 Å². The fourth-order valence-electron chi connectivity index (χ4n) is 1.17. The molecule has 1 rings (SSSR count). The van der Waals surface area contributed by atoms with Gasteiger partial charge in [0.1, 0.15) is 0 Å². The molecule has 1 N–H and O–H groups in total. The quantitative estimate of drug-likeness (QED) is 0.619. The van der Waals surface area contributed by atoms with Crippen molar-refractivity contribution in [3.8, 4) is 0 Å². The summed E-state index contributed by atoms with van der Waals surface area (Å²) in [6.45, 7) is 0. The van der Waals surface area contributed by atoms with E-state index in [-0.39, 0.29) is 12.0 Å². The number of ether oxygens (including phenoxy) is 1. The molecule has 0 aliphatic rings. The molecule has 0 aromatic heterocycles. The zero-order chi connectivity index (χ0) is 12.0. The largest absolute Gasteiger partial charge is 0.478 e. The molecule has 4 nitrogen and oxygen atoms in total.